The van der Waals surface area contributed by atoms with Crippen LogP contribution in [0.1, 0.15) is 213 Å². The van der Waals surface area contributed by atoms with E-state index >= 15 is 0 Å². The standard InChI is InChI=1S/C52H93O13P/c1-3-5-7-9-11-13-15-17-19-21-22-23-25-26-28-30-32-34-36-38-40-45(53)62-42-44(43-63-66(60,61)65-52-50(58)48(56)47(55)49(57)51(52)59)64-46(54)41-39-37-35-33-31-29-27-24-20-18-16-14-12-10-8-6-4-2/h8,10,14,16,20,24,29,31,44,47-52,55-59H,3-7,9,11-13,15,17-19,21-23,25-28,30,32-43H2,1-2H3,(H,60,61)/b10-8+,16-14+,24-20+,31-29+/t44-,47?,48-,49?,50?,51?,52?/m0/s1. The molecule has 66 heavy (non-hydrogen) atoms. The molecular formula is C52H93O13P. The Labute approximate surface area is 399 Å². The van der Waals surface area contributed by atoms with Crippen molar-refractivity contribution in [1.82, 2.24) is 0 Å². The van der Waals surface area contributed by atoms with E-state index in [0.29, 0.717) is 12.8 Å². The van der Waals surface area contributed by atoms with Crippen LogP contribution < -0.4 is 0 Å². The molecule has 13 nitrogen and oxygen atoms in total. The van der Waals surface area contributed by atoms with Crippen LogP contribution in [-0.4, -0.2) is 98.3 Å². The lowest BCUT2D eigenvalue weighted by Gasteiger charge is -2.41. The first-order chi connectivity index (χ1) is 31.9. The zero-order chi connectivity index (χ0) is 48.5. The molecule has 6 unspecified atom stereocenters. The van der Waals surface area contributed by atoms with Crippen molar-refractivity contribution in [1.29, 1.82) is 0 Å². The minimum Gasteiger partial charge on any atom is -0.462 e. The minimum atomic E-state index is -5.13. The fourth-order valence-corrected chi connectivity index (χ4v) is 8.72. The molecule has 8 atom stereocenters. The Morgan fingerprint density at radius 3 is 1.30 bits per heavy atom. The third-order valence-corrected chi connectivity index (χ3v) is 12.9. The number of esters is 2. The second kappa shape index (κ2) is 41.8. The molecular weight excluding hydrogens is 864 g/mol. The Balaban J connectivity index is 2.40. The summed E-state index contributed by atoms with van der Waals surface area (Å²) < 4.78 is 33.6. The highest BCUT2D eigenvalue weighted by Crippen LogP contribution is 2.47. The second-order valence-corrected chi connectivity index (χ2v) is 19.4. The lowest BCUT2D eigenvalue weighted by atomic mass is 9.85. The highest BCUT2D eigenvalue weighted by atomic mass is 31.2. The van der Waals surface area contributed by atoms with Gasteiger partial charge in [0.15, 0.2) is 6.10 Å². The van der Waals surface area contributed by atoms with Gasteiger partial charge in [0, 0.05) is 12.8 Å². The average Bonchev–Trinajstić information content (AvgIpc) is 3.30. The minimum absolute atomic E-state index is 0.0596. The summed E-state index contributed by atoms with van der Waals surface area (Å²) in [5, 5.41) is 50.3. The number of hydrogen-bond acceptors (Lipinski definition) is 12. The lowest BCUT2D eigenvalue weighted by Crippen LogP contribution is -2.64. The second-order valence-electron chi connectivity index (χ2n) is 18.0. The van der Waals surface area contributed by atoms with Crippen LogP contribution >= 0.6 is 7.82 Å². The van der Waals surface area contributed by atoms with Gasteiger partial charge < -0.3 is 39.9 Å². The molecule has 1 fully saturated rings. The van der Waals surface area contributed by atoms with E-state index in [1.807, 2.05) is 0 Å². The molecule has 0 aromatic heterocycles. The maximum atomic E-state index is 12.8. The molecule has 0 heterocycles. The van der Waals surface area contributed by atoms with Crippen molar-refractivity contribution in [3.05, 3.63) is 48.6 Å². The van der Waals surface area contributed by atoms with Gasteiger partial charge in [-0.2, -0.15) is 0 Å². The predicted molar refractivity (Wildman–Crippen MR) is 263 cm³/mol. The molecule has 1 aliphatic rings. The topological polar surface area (TPSA) is 210 Å². The fraction of sp³-hybridized carbons (Fsp3) is 0.808. The zero-order valence-electron chi connectivity index (χ0n) is 41.0. The summed E-state index contributed by atoms with van der Waals surface area (Å²) in [6.07, 6.45) is 37.3. The van der Waals surface area contributed by atoms with Crippen LogP contribution in [0.15, 0.2) is 48.6 Å². The summed E-state index contributed by atoms with van der Waals surface area (Å²) in [7, 11) is -5.13. The first-order valence-electron chi connectivity index (χ1n) is 25.9. The van der Waals surface area contributed by atoms with Gasteiger partial charge in [-0.3, -0.25) is 18.6 Å². The Bertz CT molecular complexity index is 1340. The largest absolute Gasteiger partial charge is 0.472 e. The molecule has 1 rings (SSSR count). The molecule has 0 aliphatic heterocycles. The van der Waals surface area contributed by atoms with Crippen molar-refractivity contribution in [2.24, 2.45) is 0 Å². The van der Waals surface area contributed by atoms with E-state index in [0.717, 1.165) is 64.2 Å². The third-order valence-electron chi connectivity index (χ3n) is 11.9. The number of rotatable bonds is 43. The molecule has 0 spiro atoms. The van der Waals surface area contributed by atoms with Crippen LogP contribution in [0.5, 0.6) is 0 Å². The van der Waals surface area contributed by atoms with Gasteiger partial charge in [0.2, 0.25) is 0 Å². The summed E-state index contributed by atoms with van der Waals surface area (Å²) in [6, 6.07) is 0. The Morgan fingerprint density at radius 2 is 0.848 bits per heavy atom. The first-order valence-corrected chi connectivity index (χ1v) is 27.4. The molecule has 0 radical (unpaired) electrons. The molecule has 6 N–H and O–H groups in total. The Hall–Kier alpha value is -2.19. The van der Waals surface area contributed by atoms with Crippen LogP contribution in [0.25, 0.3) is 0 Å². The van der Waals surface area contributed by atoms with Crippen LogP contribution in [-0.2, 0) is 32.7 Å². The number of carbonyl (C=O) groups is 2. The number of phosphoric acid groups is 1. The summed E-state index contributed by atoms with van der Waals surface area (Å²) in [5.41, 5.74) is 0. The smallest absolute Gasteiger partial charge is 0.462 e. The van der Waals surface area contributed by atoms with Gasteiger partial charge in [-0.25, -0.2) is 4.57 Å². The van der Waals surface area contributed by atoms with Gasteiger partial charge in [-0.05, 0) is 51.4 Å². The summed E-state index contributed by atoms with van der Waals surface area (Å²) in [6.45, 7) is 3.23. The molecule has 384 valence electrons. The van der Waals surface area contributed by atoms with E-state index in [2.05, 4.69) is 62.5 Å². The summed E-state index contributed by atoms with van der Waals surface area (Å²) >= 11 is 0. The number of aliphatic hydroxyl groups excluding tert-OH is 5. The van der Waals surface area contributed by atoms with E-state index < -0.39 is 75.7 Å². The quantitative estimate of drug-likeness (QED) is 0.0146. The van der Waals surface area contributed by atoms with Gasteiger partial charge >= 0.3 is 19.8 Å². The molecule has 14 heteroatoms. The number of aliphatic hydroxyl groups is 5. The SMILES string of the molecule is CCC/C=C/C/C=C/C/C=C/C/C=C/CCCCCC(=O)O[C@@H](COC(=O)CCCCCCCCCCCCCCCCCCCCCC)COP(=O)(O)OC1C(O)C(O)C(O)[C@H](O)C1O. The van der Waals surface area contributed by atoms with Gasteiger partial charge in [0.25, 0.3) is 0 Å². The maximum Gasteiger partial charge on any atom is 0.472 e. The highest BCUT2D eigenvalue weighted by molar-refractivity contribution is 7.47. The van der Waals surface area contributed by atoms with E-state index in [1.54, 1.807) is 0 Å². The van der Waals surface area contributed by atoms with E-state index in [1.165, 1.54) is 109 Å². The predicted octanol–water partition coefficient (Wildman–Crippen LogP) is 11.1. The zero-order valence-corrected chi connectivity index (χ0v) is 41.9. The van der Waals surface area contributed by atoms with Crippen molar-refractivity contribution in [3.63, 3.8) is 0 Å². The first kappa shape index (κ1) is 61.8. The fourth-order valence-electron chi connectivity index (χ4n) is 7.75. The van der Waals surface area contributed by atoms with Gasteiger partial charge in [-0.15, -0.1) is 0 Å². The number of allylic oxidation sites excluding steroid dienone is 8. The van der Waals surface area contributed by atoms with E-state index in [-0.39, 0.29) is 12.8 Å². The van der Waals surface area contributed by atoms with Gasteiger partial charge in [0.05, 0.1) is 6.61 Å². The monoisotopic (exact) mass is 957 g/mol. The van der Waals surface area contributed by atoms with Crippen LogP contribution in [0.3, 0.4) is 0 Å². The number of hydrogen-bond donors (Lipinski definition) is 6. The van der Waals surface area contributed by atoms with Crippen molar-refractivity contribution in [2.75, 3.05) is 13.2 Å². The lowest BCUT2D eigenvalue weighted by molar-refractivity contribution is -0.220. The normalized spacial score (nSPS) is 21.6. The van der Waals surface area contributed by atoms with Crippen LogP contribution in [0, 0.1) is 0 Å². The van der Waals surface area contributed by atoms with Crippen molar-refractivity contribution in [2.45, 2.75) is 256 Å². The van der Waals surface area contributed by atoms with Crippen molar-refractivity contribution >= 4 is 19.8 Å². The maximum absolute atomic E-state index is 12.8. The third kappa shape index (κ3) is 33.3. The number of ether oxygens (including phenoxy) is 2. The van der Waals surface area contributed by atoms with Crippen molar-refractivity contribution in [3.8, 4) is 0 Å². The van der Waals surface area contributed by atoms with E-state index in [9.17, 15) is 44.6 Å². The number of phosphoric ester groups is 1. The molecule has 0 aromatic carbocycles. The molecule has 0 aromatic rings. The average molecular weight is 957 g/mol. The molecule has 1 aliphatic carbocycles. The molecule has 0 bridgehead atoms. The van der Waals surface area contributed by atoms with Crippen molar-refractivity contribution < 1.29 is 63.1 Å². The Morgan fingerprint density at radius 1 is 0.470 bits per heavy atom. The number of unbranched alkanes of at least 4 members (excludes halogenated alkanes) is 23. The molecule has 0 saturated heterocycles. The van der Waals surface area contributed by atoms with Crippen LogP contribution in [0.4, 0.5) is 0 Å². The molecule has 0 amide bonds. The number of carbonyl (C=O) groups excluding carboxylic acids is 2. The van der Waals surface area contributed by atoms with Crippen LogP contribution in [0.2, 0.25) is 0 Å². The van der Waals surface area contributed by atoms with Gasteiger partial charge in [-0.1, -0.05) is 197 Å². The van der Waals surface area contributed by atoms with Gasteiger partial charge in [0.1, 0.15) is 43.2 Å². The Kier molecular flexibility index (Phi) is 39.1. The summed E-state index contributed by atoms with van der Waals surface area (Å²) in [4.78, 5) is 35.8. The van der Waals surface area contributed by atoms with E-state index in [4.69, 9.17) is 18.5 Å². The summed E-state index contributed by atoms with van der Waals surface area (Å²) in [5.74, 6) is -1.13. The molecule has 1 saturated carbocycles. The highest BCUT2D eigenvalue weighted by Gasteiger charge is 2.51.